The summed E-state index contributed by atoms with van der Waals surface area (Å²) < 4.78 is 73.3. The molecule has 0 heterocycles. The zero-order chi connectivity index (χ0) is 14.8. The van der Waals surface area contributed by atoms with E-state index in [1.54, 1.807) is 13.8 Å². The first-order valence-corrected chi connectivity index (χ1v) is 6.95. The minimum atomic E-state index is -5.59. The van der Waals surface area contributed by atoms with E-state index in [0.29, 0.717) is 12.5 Å². The van der Waals surface area contributed by atoms with Gasteiger partial charge in [0.25, 0.3) is 9.84 Å². The van der Waals surface area contributed by atoms with Crippen molar-refractivity contribution < 1.29 is 26.0 Å². The molecule has 0 aliphatic heterocycles. The Morgan fingerprint density at radius 3 is 2.37 bits per heavy atom. The first-order valence-electron chi connectivity index (χ1n) is 5.47. The summed E-state index contributed by atoms with van der Waals surface area (Å²) >= 11 is 0. The molecule has 0 amide bonds. The van der Waals surface area contributed by atoms with Crippen molar-refractivity contribution in [1.29, 1.82) is 0 Å². The molecule has 1 aromatic rings. The Balaban J connectivity index is 3.37. The second-order valence-corrected chi connectivity index (χ2v) is 5.95. The van der Waals surface area contributed by atoms with Crippen LogP contribution in [0.5, 0.6) is 0 Å². The maximum atomic E-state index is 13.0. The molecule has 1 N–H and O–H groups in total. The molecule has 0 bridgehead atoms. The highest BCUT2D eigenvalue weighted by Gasteiger charge is 2.48. The summed E-state index contributed by atoms with van der Waals surface area (Å²) in [5, 5.41) is 2.62. The van der Waals surface area contributed by atoms with Crippen molar-refractivity contribution in [2.75, 3.05) is 5.32 Å². The van der Waals surface area contributed by atoms with Crippen LogP contribution >= 0.6 is 0 Å². The molecule has 0 spiro atoms. The Hall–Kier alpha value is -1.31. The lowest BCUT2D eigenvalue weighted by atomic mass is 10.2. The van der Waals surface area contributed by atoms with Gasteiger partial charge in [0, 0.05) is 6.04 Å². The fourth-order valence-corrected chi connectivity index (χ4v) is 2.26. The van der Waals surface area contributed by atoms with Gasteiger partial charge >= 0.3 is 5.51 Å². The minimum Gasteiger partial charge on any atom is -0.382 e. The molecule has 8 heteroatoms. The standard InChI is InChI=1S/C11H13F4NO2S/c1-3-7(2)16-9-5-4-8(12)6-10(9)19(17,18)11(13,14)15/h4-7,16H,3H2,1-2H3. The fourth-order valence-electron chi connectivity index (χ4n) is 1.33. The zero-order valence-electron chi connectivity index (χ0n) is 10.3. The molecule has 0 aliphatic rings. The van der Waals surface area contributed by atoms with Gasteiger partial charge in [-0.05, 0) is 31.5 Å². The van der Waals surface area contributed by atoms with Crippen LogP contribution in [-0.2, 0) is 9.84 Å². The van der Waals surface area contributed by atoms with E-state index in [1.165, 1.54) is 0 Å². The van der Waals surface area contributed by atoms with Crippen molar-refractivity contribution in [3.8, 4) is 0 Å². The summed E-state index contributed by atoms with van der Waals surface area (Å²) in [6.45, 7) is 3.45. The van der Waals surface area contributed by atoms with Gasteiger partial charge in [0.15, 0.2) is 0 Å². The van der Waals surface area contributed by atoms with Crippen molar-refractivity contribution in [2.45, 2.75) is 36.7 Å². The van der Waals surface area contributed by atoms with Crippen molar-refractivity contribution in [3.05, 3.63) is 24.0 Å². The Morgan fingerprint density at radius 2 is 1.89 bits per heavy atom. The van der Waals surface area contributed by atoms with E-state index in [2.05, 4.69) is 5.32 Å². The minimum absolute atomic E-state index is 0.243. The van der Waals surface area contributed by atoms with Gasteiger partial charge in [-0.2, -0.15) is 13.2 Å². The lowest BCUT2D eigenvalue weighted by Crippen LogP contribution is -2.25. The van der Waals surface area contributed by atoms with Gasteiger partial charge < -0.3 is 5.32 Å². The molecule has 0 aromatic heterocycles. The average molecular weight is 299 g/mol. The normalized spacial score (nSPS) is 14.2. The van der Waals surface area contributed by atoms with Gasteiger partial charge in [-0.25, -0.2) is 12.8 Å². The molecule has 1 rings (SSSR count). The van der Waals surface area contributed by atoms with E-state index in [9.17, 15) is 26.0 Å². The van der Waals surface area contributed by atoms with Crippen LogP contribution in [-0.4, -0.2) is 20.0 Å². The first kappa shape index (κ1) is 15.7. The van der Waals surface area contributed by atoms with Crippen LogP contribution in [0.2, 0.25) is 0 Å². The molecule has 0 fully saturated rings. The first-order chi connectivity index (χ1) is 8.59. The quantitative estimate of drug-likeness (QED) is 0.867. The third-order valence-corrected chi connectivity index (χ3v) is 4.08. The van der Waals surface area contributed by atoms with Crippen LogP contribution in [0, 0.1) is 5.82 Å². The second-order valence-electron chi connectivity index (χ2n) is 4.04. The highest BCUT2D eigenvalue weighted by Crippen LogP contribution is 2.35. The Bertz CT molecular complexity index is 554. The van der Waals surface area contributed by atoms with Crippen LogP contribution in [0.4, 0.5) is 23.2 Å². The molecule has 0 radical (unpaired) electrons. The molecular formula is C11H13F4NO2S. The molecule has 19 heavy (non-hydrogen) atoms. The molecule has 1 atom stereocenters. The SMILES string of the molecule is CCC(C)Nc1ccc(F)cc1S(=O)(=O)C(F)(F)F. The van der Waals surface area contributed by atoms with Crippen LogP contribution in [0.25, 0.3) is 0 Å². The van der Waals surface area contributed by atoms with Crippen molar-refractivity contribution in [1.82, 2.24) is 0 Å². The van der Waals surface area contributed by atoms with Crippen molar-refractivity contribution in [3.63, 3.8) is 0 Å². The highest BCUT2D eigenvalue weighted by atomic mass is 32.2. The number of alkyl halides is 3. The molecular weight excluding hydrogens is 286 g/mol. The number of nitrogens with one attached hydrogen (secondary N) is 1. The molecule has 108 valence electrons. The van der Waals surface area contributed by atoms with E-state index in [4.69, 9.17) is 0 Å². The van der Waals surface area contributed by atoms with E-state index >= 15 is 0 Å². The van der Waals surface area contributed by atoms with E-state index in [0.717, 1.165) is 12.1 Å². The van der Waals surface area contributed by atoms with E-state index < -0.39 is 26.1 Å². The number of anilines is 1. The van der Waals surface area contributed by atoms with Crippen molar-refractivity contribution in [2.24, 2.45) is 0 Å². The summed E-state index contributed by atoms with van der Waals surface area (Å²) in [5.41, 5.74) is -5.72. The van der Waals surface area contributed by atoms with Gasteiger partial charge in [-0.1, -0.05) is 6.92 Å². The number of halogens is 4. The molecule has 0 saturated heterocycles. The maximum absolute atomic E-state index is 13.0. The number of hydrogen-bond donors (Lipinski definition) is 1. The van der Waals surface area contributed by atoms with Gasteiger partial charge in [0.1, 0.15) is 10.7 Å². The number of sulfone groups is 1. The molecule has 0 aliphatic carbocycles. The largest absolute Gasteiger partial charge is 0.501 e. The number of hydrogen-bond acceptors (Lipinski definition) is 3. The lowest BCUT2D eigenvalue weighted by molar-refractivity contribution is -0.0435. The van der Waals surface area contributed by atoms with Crippen LogP contribution < -0.4 is 5.32 Å². The Morgan fingerprint density at radius 1 is 1.32 bits per heavy atom. The number of rotatable bonds is 4. The predicted octanol–water partition coefficient (Wildman–Crippen LogP) is 3.33. The summed E-state index contributed by atoms with van der Waals surface area (Å²) in [7, 11) is -5.59. The summed E-state index contributed by atoms with van der Waals surface area (Å²) in [5.74, 6) is -1.04. The highest BCUT2D eigenvalue weighted by molar-refractivity contribution is 7.92. The summed E-state index contributed by atoms with van der Waals surface area (Å²) in [6, 6.07) is 2.01. The van der Waals surface area contributed by atoms with Crippen LogP contribution in [0.3, 0.4) is 0 Å². The number of benzene rings is 1. The van der Waals surface area contributed by atoms with Crippen LogP contribution in [0.1, 0.15) is 20.3 Å². The Labute approximate surface area is 108 Å². The van der Waals surface area contributed by atoms with Crippen molar-refractivity contribution >= 4 is 15.5 Å². The van der Waals surface area contributed by atoms with Gasteiger partial charge in [-0.3, -0.25) is 0 Å². The topological polar surface area (TPSA) is 46.2 Å². The maximum Gasteiger partial charge on any atom is 0.501 e. The van der Waals surface area contributed by atoms with Gasteiger partial charge in [0.2, 0.25) is 0 Å². The monoisotopic (exact) mass is 299 g/mol. The fraction of sp³-hybridized carbons (Fsp3) is 0.455. The molecule has 1 aromatic carbocycles. The van der Waals surface area contributed by atoms with Crippen LogP contribution in [0.15, 0.2) is 23.1 Å². The zero-order valence-corrected chi connectivity index (χ0v) is 11.1. The molecule has 0 saturated carbocycles. The third kappa shape index (κ3) is 3.37. The van der Waals surface area contributed by atoms with E-state index in [1.807, 2.05) is 0 Å². The summed E-state index contributed by atoms with van der Waals surface area (Å²) in [4.78, 5) is -1.10. The third-order valence-electron chi connectivity index (χ3n) is 2.55. The molecule has 1 unspecified atom stereocenters. The summed E-state index contributed by atoms with van der Waals surface area (Å²) in [6.07, 6.45) is 0.572. The van der Waals surface area contributed by atoms with Gasteiger partial charge in [0.05, 0.1) is 5.69 Å². The smallest absolute Gasteiger partial charge is 0.382 e. The van der Waals surface area contributed by atoms with E-state index in [-0.39, 0.29) is 11.7 Å². The second kappa shape index (κ2) is 5.36. The van der Waals surface area contributed by atoms with Gasteiger partial charge in [-0.15, -0.1) is 0 Å². The predicted molar refractivity (Wildman–Crippen MR) is 63.0 cm³/mol. The molecule has 3 nitrogen and oxygen atoms in total. The average Bonchev–Trinajstić information content (AvgIpc) is 2.29. The Kier molecular flexibility index (Phi) is 4.44. The lowest BCUT2D eigenvalue weighted by Gasteiger charge is -2.17.